The quantitative estimate of drug-likeness (QED) is 0.697. The summed E-state index contributed by atoms with van der Waals surface area (Å²) >= 11 is 0. The predicted octanol–water partition coefficient (Wildman–Crippen LogP) is 2.35. The van der Waals surface area contributed by atoms with Gasteiger partial charge in [0.1, 0.15) is 5.69 Å². The van der Waals surface area contributed by atoms with Gasteiger partial charge in [-0.25, -0.2) is 4.98 Å². The van der Waals surface area contributed by atoms with Crippen molar-refractivity contribution in [1.29, 1.82) is 0 Å². The molecule has 11 heteroatoms. The van der Waals surface area contributed by atoms with Crippen LogP contribution in [0.3, 0.4) is 0 Å². The maximum absolute atomic E-state index is 12.2. The lowest BCUT2D eigenvalue weighted by Crippen LogP contribution is -2.19. The predicted molar refractivity (Wildman–Crippen MR) is 70.9 cm³/mol. The third kappa shape index (κ3) is 4.06. The largest absolute Gasteiger partial charge is 0.468 e. The summed E-state index contributed by atoms with van der Waals surface area (Å²) in [6.45, 7) is 0.213. The van der Waals surface area contributed by atoms with Gasteiger partial charge in [-0.1, -0.05) is 16.4 Å². The topological polar surface area (TPSA) is 100.0 Å². The van der Waals surface area contributed by atoms with Crippen LogP contribution < -0.4 is 4.74 Å². The molecule has 0 N–H and O–H groups in total. The highest BCUT2D eigenvalue weighted by Crippen LogP contribution is 2.21. The van der Waals surface area contributed by atoms with Crippen molar-refractivity contribution < 1.29 is 27.0 Å². The number of halogens is 3. The second kappa shape index (κ2) is 6.26. The molecule has 0 saturated heterocycles. The molecule has 3 aromatic heterocycles. The molecule has 126 valence electrons. The van der Waals surface area contributed by atoms with Crippen LogP contribution in [0.25, 0.3) is 11.6 Å². The van der Waals surface area contributed by atoms with Crippen LogP contribution in [0.1, 0.15) is 17.5 Å². The number of hydrogen-bond acceptors (Lipinski definition) is 8. The molecule has 8 nitrogen and oxygen atoms in total. The number of pyridine rings is 1. The molecule has 24 heavy (non-hydrogen) atoms. The van der Waals surface area contributed by atoms with Crippen molar-refractivity contribution in [3.63, 3.8) is 0 Å². The maximum atomic E-state index is 12.2. The first-order chi connectivity index (χ1) is 11.4. The summed E-state index contributed by atoms with van der Waals surface area (Å²) in [7, 11) is 0. The minimum atomic E-state index is -4.45. The molecule has 0 radical (unpaired) electrons. The molecular weight excluding hydrogens is 331 g/mol. The molecule has 0 atom stereocenters. The van der Waals surface area contributed by atoms with Crippen LogP contribution in [0, 0.1) is 6.92 Å². The van der Waals surface area contributed by atoms with E-state index >= 15 is 0 Å². The zero-order valence-electron chi connectivity index (χ0n) is 12.2. The monoisotopic (exact) mass is 341 g/mol. The molecule has 3 rings (SSSR count). The summed E-state index contributed by atoms with van der Waals surface area (Å²) < 4.78 is 50.9. The average molecular weight is 341 g/mol. The fourth-order valence-electron chi connectivity index (χ4n) is 1.75. The number of hydrogen-bond donors (Lipinski definition) is 0. The normalized spacial score (nSPS) is 11.7. The maximum Gasteiger partial charge on any atom is 0.422 e. The van der Waals surface area contributed by atoms with E-state index in [1.165, 1.54) is 18.2 Å². The number of ether oxygens (including phenoxy) is 1. The average Bonchev–Trinajstić information content (AvgIpc) is 3.15. The Balaban J connectivity index is 1.72. The van der Waals surface area contributed by atoms with Gasteiger partial charge in [0, 0.05) is 13.0 Å². The van der Waals surface area contributed by atoms with Crippen molar-refractivity contribution in [1.82, 2.24) is 25.3 Å². The number of alkyl halides is 3. The Labute approximate surface area is 132 Å². The first-order valence-electron chi connectivity index (χ1n) is 6.68. The standard InChI is InChI=1S/C13H10F3N5O3/c1-7-17-9(20-23-7)5-10-19-12(24-21-10)8-3-2-4-11(18-8)22-6-13(14,15)16/h2-4H,5-6H2,1H3. The summed E-state index contributed by atoms with van der Waals surface area (Å²) in [5, 5.41) is 7.45. The summed E-state index contributed by atoms with van der Waals surface area (Å²) in [5.74, 6) is 0.926. The van der Waals surface area contributed by atoms with Gasteiger partial charge in [0.2, 0.25) is 11.8 Å². The van der Waals surface area contributed by atoms with E-state index in [9.17, 15) is 13.2 Å². The Kier molecular flexibility index (Phi) is 4.15. The molecule has 0 aliphatic heterocycles. The molecular formula is C13H10F3N5O3. The molecule has 3 heterocycles. The molecule has 0 spiro atoms. The highest BCUT2D eigenvalue weighted by atomic mass is 19.4. The van der Waals surface area contributed by atoms with Crippen molar-refractivity contribution in [2.45, 2.75) is 19.5 Å². The molecule has 0 amide bonds. The molecule has 0 aliphatic carbocycles. The molecule has 3 aromatic rings. The lowest BCUT2D eigenvalue weighted by molar-refractivity contribution is -0.154. The number of nitrogens with zero attached hydrogens (tertiary/aromatic N) is 5. The van der Waals surface area contributed by atoms with Crippen LogP contribution in [-0.4, -0.2) is 38.0 Å². The van der Waals surface area contributed by atoms with Crippen LogP contribution >= 0.6 is 0 Å². The fourth-order valence-corrected chi connectivity index (χ4v) is 1.75. The first-order valence-corrected chi connectivity index (χ1v) is 6.68. The van der Waals surface area contributed by atoms with Gasteiger partial charge < -0.3 is 13.8 Å². The van der Waals surface area contributed by atoms with Gasteiger partial charge in [-0.2, -0.15) is 23.1 Å². The van der Waals surface area contributed by atoms with E-state index in [4.69, 9.17) is 9.05 Å². The fraction of sp³-hybridized carbons (Fsp3) is 0.308. The Morgan fingerprint density at radius 3 is 2.50 bits per heavy atom. The highest BCUT2D eigenvalue weighted by Gasteiger charge is 2.28. The SMILES string of the molecule is Cc1nc(Cc2noc(-c3cccc(OCC(F)(F)F)n3)n2)no1. The van der Waals surface area contributed by atoms with E-state index in [1.54, 1.807) is 6.92 Å². The van der Waals surface area contributed by atoms with Crippen LogP contribution in [0.5, 0.6) is 5.88 Å². The molecule has 0 bridgehead atoms. The molecule has 0 unspecified atom stereocenters. The Bertz CT molecular complexity index is 830. The van der Waals surface area contributed by atoms with Gasteiger partial charge in [0.25, 0.3) is 5.89 Å². The van der Waals surface area contributed by atoms with Gasteiger partial charge in [-0.3, -0.25) is 0 Å². The van der Waals surface area contributed by atoms with Gasteiger partial charge in [-0.05, 0) is 6.07 Å². The molecule has 0 saturated carbocycles. The lowest BCUT2D eigenvalue weighted by atomic mass is 10.3. The number of aryl methyl sites for hydroxylation is 1. The smallest absolute Gasteiger partial charge is 0.422 e. The molecule has 0 fully saturated rings. The van der Waals surface area contributed by atoms with Gasteiger partial charge in [0.05, 0.1) is 6.42 Å². The first kappa shape index (κ1) is 15.9. The van der Waals surface area contributed by atoms with Crippen molar-refractivity contribution >= 4 is 0 Å². The summed E-state index contributed by atoms with van der Waals surface area (Å²) in [4.78, 5) is 12.0. The Morgan fingerprint density at radius 2 is 1.79 bits per heavy atom. The number of rotatable bonds is 5. The summed E-state index contributed by atoms with van der Waals surface area (Å²) in [6.07, 6.45) is -4.26. The van der Waals surface area contributed by atoms with E-state index < -0.39 is 12.8 Å². The summed E-state index contributed by atoms with van der Waals surface area (Å²) in [6, 6.07) is 4.28. The van der Waals surface area contributed by atoms with Crippen molar-refractivity contribution in [3.8, 4) is 17.5 Å². The van der Waals surface area contributed by atoms with E-state index in [0.29, 0.717) is 11.7 Å². The second-order valence-corrected chi connectivity index (χ2v) is 4.69. The van der Waals surface area contributed by atoms with Crippen molar-refractivity contribution in [3.05, 3.63) is 35.7 Å². The second-order valence-electron chi connectivity index (χ2n) is 4.69. The number of aromatic nitrogens is 5. The zero-order chi connectivity index (χ0) is 17.2. The van der Waals surface area contributed by atoms with Crippen molar-refractivity contribution in [2.75, 3.05) is 6.61 Å². The van der Waals surface area contributed by atoms with E-state index in [1.807, 2.05) is 0 Å². The summed E-state index contributed by atoms with van der Waals surface area (Å²) in [5.41, 5.74) is 0.192. The van der Waals surface area contributed by atoms with Gasteiger partial charge in [-0.15, -0.1) is 0 Å². The van der Waals surface area contributed by atoms with Crippen LogP contribution in [0.15, 0.2) is 27.2 Å². The highest BCUT2D eigenvalue weighted by molar-refractivity contribution is 5.47. The van der Waals surface area contributed by atoms with Gasteiger partial charge in [0.15, 0.2) is 18.3 Å². The Morgan fingerprint density at radius 1 is 1.04 bits per heavy atom. The molecule has 0 aliphatic rings. The third-order valence-corrected chi connectivity index (χ3v) is 2.68. The molecule has 0 aromatic carbocycles. The minimum absolute atomic E-state index is 0.0441. The van der Waals surface area contributed by atoms with Crippen LogP contribution in [0.2, 0.25) is 0 Å². The van der Waals surface area contributed by atoms with Crippen molar-refractivity contribution in [2.24, 2.45) is 0 Å². The van der Waals surface area contributed by atoms with E-state index in [0.717, 1.165) is 0 Å². The van der Waals surface area contributed by atoms with E-state index in [-0.39, 0.29) is 29.7 Å². The van der Waals surface area contributed by atoms with E-state index in [2.05, 4.69) is 30.0 Å². The van der Waals surface area contributed by atoms with Crippen LogP contribution in [0.4, 0.5) is 13.2 Å². The Hall–Kier alpha value is -2.98. The zero-order valence-corrected chi connectivity index (χ0v) is 12.2. The minimum Gasteiger partial charge on any atom is -0.468 e. The van der Waals surface area contributed by atoms with Gasteiger partial charge >= 0.3 is 6.18 Å². The third-order valence-electron chi connectivity index (χ3n) is 2.68. The lowest BCUT2D eigenvalue weighted by Gasteiger charge is -2.08. The van der Waals surface area contributed by atoms with Crippen LogP contribution in [-0.2, 0) is 6.42 Å².